The van der Waals surface area contributed by atoms with Gasteiger partial charge in [-0.3, -0.25) is 0 Å². The first kappa shape index (κ1) is 31.4. The van der Waals surface area contributed by atoms with E-state index in [4.69, 9.17) is 0 Å². The molecule has 2 N–H and O–H groups in total. The number of fused-ring (bicyclic) bond motifs is 11. The van der Waals surface area contributed by atoms with Gasteiger partial charge in [-0.25, -0.2) is 9.97 Å². The minimum atomic E-state index is 0. The van der Waals surface area contributed by atoms with Gasteiger partial charge in [0.05, 0.1) is 22.8 Å². The Morgan fingerprint density at radius 3 is 1.04 bits per heavy atom. The van der Waals surface area contributed by atoms with Crippen LogP contribution in [0.5, 0.6) is 0 Å². The zero-order chi connectivity index (χ0) is 28.8. The van der Waals surface area contributed by atoms with E-state index in [9.17, 15) is 0 Å². The summed E-state index contributed by atoms with van der Waals surface area (Å²) in [5.74, 6) is 0. The van der Waals surface area contributed by atoms with Gasteiger partial charge in [-0.2, -0.15) is 0 Å². The number of hydrogen-bond acceptors (Lipinski definition) is 2. The maximum absolute atomic E-state index is 4.63. The Bertz CT molecular complexity index is 1880. The summed E-state index contributed by atoms with van der Waals surface area (Å²) in [5, 5.41) is 0. The molecule has 3 aromatic carbocycles. The van der Waals surface area contributed by atoms with Crippen LogP contribution >= 0.6 is 0 Å². The minimum absolute atomic E-state index is 0. The molecule has 0 amide bonds. The zero-order valence-corrected chi connectivity index (χ0v) is 24.9. The number of aromatic nitrogens is 4. The third-order valence-electron chi connectivity index (χ3n) is 7.41. The van der Waals surface area contributed by atoms with Crippen molar-refractivity contribution < 1.29 is 17.1 Å². The molecular weight excluding hydrogens is 616 g/mol. The van der Waals surface area contributed by atoms with Crippen LogP contribution in [0.4, 0.5) is 0 Å². The molecule has 0 saturated heterocycles. The molecule has 0 saturated carbocycles. The Hall–Kier alpha value is -5.00. The predicted octanol–water partition coefficient (Wildman–Crippen LogP) is 8.15. The van der Waals surface area contributed by atoms with E-state index in [2.05, 4.69) is 92.7 Å². The van der Waals surface area contributed by atoms with E-state index in [0.29, 0.717) is 0 Å². The smallest absolute Gasteiger partial charge is 0.0658 e. The molecule has 0 fully saturated rings. The van der Waals surface area contributed by atoms with E-state index in [1.165, 1.54) is 22.3 Å². The molecule has 3 aliphatic rings. The van der Waals surface area contributed by atoms with Crippen LogP contribution in [-0.4, -0.2) is 30.9 Å². The SMILES string of the molecule is C1=Cc2cc3ccc(cc4nc(cc5ccc(cc1n2)[nH]5)C=C4)[nH]3.[Cu].[SiH4].c1ccc2c(c1)Cc1ccccc1-2.c1ccccc1. The van der Waals surface area contributed by atoms with Gasteiger partial charge in [-0.1, -0.05) is 84.9 Å². The van der Waals surface area contributed by atoms with Crippen molar-refractivity contribution in [2.24, 2.45) is 0 Å². The molecule has 1 aliphatic carbocycles. The summed E-state index contributed by atoms with van der Waals surface area (Å²) in [6, 6.07) is 45.7. The average Bonchev–Trinajstić information content (AvgIpc) is 3.88. The summed E-state index contributed by atoms with van der Waals surface area (Å²) in [6.07, 6.45) is 9.19. The van der Waals surface area contributed by atoms with Crippen molar-refractivity contribution in [2.75, 3.05) is 0 Å². The summed E-state index contributed by atoms with van der Waals surface area (Å²) in [4.78, 5) is 16.0. The number of rotatable bonds is 0. The van der Waals surface area contributed by atoms with Crippen molar-refractivity contribution in [2.45, 2.75) is 6.42 Å². The monoisotopic (exact) mass is 649 g/mol. The summed E-state index contributed by atoms with van der Waals surface area (Å²) in [7, 11) is 0. The topological polar surface area (TPSA) is 57.4 Å². The number of nitrogens with zero attached hydrogens (tertiary/aromatic N) is 2. The molecule has 0 unspecified atom stereocenters. The van der Waals surface area contributed by atoms with Crippen LogP contribution < -0.4 is 0 Å². The average molecular weight is 650 g/mol. The molecule has 0 atom stereocenters. The quantitative estimate of drug-likeness (QED) is 0.163. The summed E-state index contributed by atoms with van der Waals surface area (Å²) < 4.78 is 0. The molecule has 2 aliphatic heterocycles. The Balaban J connectivity index is 0.000000160. The number of hydrogen-bond donors (Lipinski definition) is 2. The number of aromatic amines is 2. The van der Waals surface area contributed by atoms with Gasteiger partial charge in [-0.15, -0.1) is 0 Å². The Morgan fingerprint density at radius 1 is 0.400 bits per heavy atom. The van der Waals surface area contributed by atoms with Crippen LogP contribution in [0.1, 0.15) is 33.9 Å². The Kier molecular flexibility index (Phi) is 10.2. The van der Waals surface area contributed by atoms with E-state index >= 15 is 0 Å². The van der Waals surface area contributed by atoms with E-state index in [1.807, 2.05) is 85.0 Å². The van der Waals surface area contributed by atoms with Gasteiger partial charge < -0.3 is 9.97 Å². The summed E-state index contributed by atoms with van der Waals surface area (Å²) >= 11 is 0. The number of H-pyrrole nitrogens is 2. The minimum Gasteiger partial charge on any atom is -0.355 e. The largest absolute Gasteiger partial charge is 0.355 e. The van der Waals surface area contributed by atoms with Crippen LogP contribution in [-0.2, 0) is 23.5 Å². The van der Waals surface area contributed by atoms with Crippen molar-refractivity contribution in [3.8, 4) is 11.1 Å². The van der Waals surface area contributed by atoms with Crippen LogP contribution in [0.15, 0.2) is 133 Å². The first-order valence-electron chi connectivity index (χ1n) is 14.5. The van der Waals surface area contributed by atoms with Crippen molar-refractivity contribution in [1.29, 1.82) is 0 Å². The van der Waals surface area contributed by atoms with Crippen LogP contribution in [0.3, 0.4) is 0 Å². The molecule has 6 heteroatoms. The van der Waals surface area contributed by atoms with Crippen molar-refractivity contribution in [1.82, 2.24) is 19.9 Å². The molecule has 3 aromatic heterocycles. The second-order valence-electron chi connectivity index (χ2n) is 10.6. The second-order valence-corrected chi connectivity index (χ2v) is 10.6. The summed E-state index contributed by atoms with van der Waals surface area (Å²) in [5.41, 5.74) is 13.6. The van der Waals surface area contributed by atoms with Gasteiger partial charge >= 0.3 is 0 Å². The van der Waals surface area contributed by atoms with Crippen LogP contribution in [0, 0.1) is 0 Å². The van der Waals surface area contributed by atoms with Gasteiger partial charge in [0.2, 0.25) is 0 Å². The van der Waals surface area contributed by atoms with Crippen LogP contribution in [0.2, 0.25) is 0 Å². The number of nitrogens with one attached hydrogen (secondary N) is 2. The van der Waals surface area contributed by atoms with Crippen molar-refractivity contribution in [3.63, 3.8) is 0 Å². The summed E-state index contributed by atoms with van der Waals surface area (Å²) in [6.45, 7) is 0. The van der Waals surface area contributed by atoms with E-state index in [0.717, 1.165) is 51.3 Å². The first-order valence-corrected chi connectivity index (χ1v) is 14.5. The van der Waals surface area contributed by atoms with Gasteiger partial charge in [0.1, 0.15) is 0 Å². The van der Waals surface area contributed by atoms with Gasteiger partial charge in [0, 0.05) is 39.1 Å². The third-order valence-corrected chi connectivity index (χ3v) is 7.41. The van der Waals surface area contributed by atoms with E-state index in [1.54, 1.807) is 0 Å². The van der Waals surface area contributed by atoms with E-state index < -0.39 is 0 Å². The third kappa shape index (κ3) is 7.75. The maximum Gasteiger partial charge on any atom is 0.0658 e. The Morgan fingerprint density at radius 2 is 0.711 bits per heavy atom. The van der Waals surface area contributed by atoms with Crippen molar-refractivity contribution >= 4 is 57.3 Å². The Labute approximate surface area is 278 Å². The molecule has 9 rings (SSSR count). The van der Waals surface area contributed by atoms with Crippen LogP contribution in [0.25, 0.3) is 57.5 Å². The van der Waals surface area contributed by atoms with Gasteiger partial charge in [-0.05, 0) is 112 Å². The molecule has 6 aromatic rings. The fourth-order valence-electron chi connectivity index (χ4n) is 5.41. The number of benzene rings is 3. The molecule has 45 heavy (non-hydrogen) atoms. The van der Waals surface area contributed by atoms with Crippen molar-refractivity contribution in [3.05, 3.63) is 167 Å². The normalized spacial score (nSPS) is 11.4. The molecule has 4 nitrogen and oxygen atoms in total. The molecule has 225 valence electrons. The molecule has 1 radical (unpaired) electrons. The second kappa shape index (κ2) is 14.6. The molecule has 5 heterocycles. The molecule has 8 bridgehead atoms. The van der Waals surface area contributed by atoms with Gasteiger partial charge in [0.15, 0.2) is 0 Å². The molecular formula is C39H34CuN4Si. The molecule has 0 spiro atoms. The van der Waals surface area contributed by atoms with E-state index in [-0.39, 0.29) is 28.0 Å². The first-order chi connectivity index (χ1) is 21.2. The standard InChI is InChI=1S/C20H14N4.C13H10.C6H6.Cu.H4Si/c1-2-14-10-16-5-6-18(23-16)12-20-8-7-19(24-20)11-17-4-3-15(22-17)9-13(1)21-14;1-3-7-12-10(5-1)9-11-6-2-4-8-13(11)12;1-2-4-6-5-3-1;;/h1-12,21,24H;1-8H,9H2;1-6H;;1H4. The predicted molar refractivity (Wildman–Crippen MR) is 191 cm³/mol. The fourth-order valence-corrected chi connectivity index (χ4v) is 5.41. The zero-order valence-electron chi connectivity index (χ0n) is 23.9. The fraction of sp³-hybridized carbons (Fsp3) is 0.0256. The maximum atomic E-state index is 4.63. The van der Waals surface area contributed by atoms with Gasteiger partial charge in [0.25, 0.3) is 0 Å².